The van der Waals surface area contributed by atoms with Crippen molar-refractivity contribution in [1.82, 2.24) is 4.98 Å². The molecule has 1 amide bonds. The summed E-state index contributed by atoms with van der Waals surface area (Å²) < 4.78 is 10.8. The third-order valence-electron chi connectivity index (χ3n) is 5.60. The molecule has 0 aliphatic heterocycles. The van der Waals surface area contributed by atoms with Gasteiger partial charge in [0.1, 0.15) is 5.76 Å². The number of amides is 1. The fraction of sp³-hybridized carbons (Fsp3) is 0.270. The first-order chi connectivity index (χ1) is 20.7. The van der Waals surface area contributed by atoms with E-state index >= 15 is 0 Å². The van der Waals surface area contributed by atoms with E-state index in [4.69, 9.17) is 9.15 Å². The van der Waals surface area contributed by atoms with Gasteiger partial charge in [-0.05, 0) is 62.2 Å². The first-order valence-corrected chi connectivity index (χ1v) is 14.6. The third-order valence-corrected chi connectivity index (χ3v) is 5.60. The number of rotatable bonds is 10. The lowest BCUT2D eigenvalue weighted by Crippen LogP contribution is -2.13. The van der Waals surface area contributed by atoms with Gasteiger partial charge in [-0.1, -0.05) is 96.4 Å². The second kappa shape index (κ2) is 22.0. The molecule has 0 radical (unpaired) electrons. The Bertz CT molecular complexity index is 1380. The van der Waals surface area contributed by atoms with Crippen LogP contribution in [0.2, 0.25) is 0 Å². The molecule has 0 spiro atoms. The zero-order valence-corrected chi connectivity index (χ0v) is 27.3. The first-order valence-electron chi connectivity index (χ1n) is 14.6. The van der Waals surface area contributed by atoms with E-state index < -0.39 is 0 Å². The Labute approximate surface area is 258 Å². The van der Waals surface area contributed by atoms with Crippen LogP contribution in [0.3, 0.4) is 0 Å². The van der Waals surface area contributed by atoms with Crippen LogP contribution in [0.1, 0.15) is 72.3 Å². The van der Waals surface area contributed by atoms with E-state index in [-0.39, 0.29) is 17.4 Å². The van der Waals surface area contributed by atoms with Crippen molar-refractivity contribution in [2.75, 3.05) is 12.4 Å². The lowest BCUT2D eigenvalue weighted by atomic mass is 10.1. The molecule has 0 bridgehead atoms. The molecule has 0 atom stereocenters. The van der Waals surface area contributed by atoms with Crippen LogP contribution < -0.4 is 5.32 Å². The molecule has 2 aromatic carbocycles. The molecular weight excluding hydrogens is 536 g/mol. The molecule has 1 N–H and O–H groups in total. The zero-order chi connectivity index (χ0) is 32.8. The Morgan fingerprint density at radius 1 is 0.977 bits per heavy atom. The maximum absolute atomic E-state index is 12.5. The van der Waals surface area contributed by atoms with E-state index in [0.29, 0.717) is 28.5 Å². The summed E-state index contributed by atoms with van der Waals surface area (Å²) in [6.45, 7) is 22.7. The lowest BCUT2D eigenvalue weighted by Gasteiger charge is -2.07. The molecule has 3 rings (SSSR count). The number of aromatic nitrogens is 1. The minimum atomic E-state index is -0.229. The van der Waals surface area contributed by atoms with Gasteiger partial charge in [-0.2, -0.15) is 0 Å². The largest absolute Gasteiger partial charge is 0.497 e. The average molecular weight is 585 g/mol. The number of hydrogen-bond donors (Lipinski definition) is 1. The van der Waals surface area contributed by atoms with E-state index in [1.807, 2.05) is 91.0 Å². The molecule has 6 heteroatoms. The molecule has 1 aromatic heterocycles. The summed E-state index contributed by atoms with van der Waals surface area (Å²) in [5.41, 5.74) is 4.00. The number of carbonyl (C=O) groups excluding carboxylic acids is 2. The lowest BCUT2D eigenvalue weighted by molar-refractivity contribution is -0.112. The van der Waals surface area contributed by atoms with E-state index in [2.05, 4.69) is 23.5 Å². The molecule has 0 aliphatic rings. The molecule has 0 unspecified atom stereocenters. The summed E-state index contributed by atoms with van der Waals surface area (Å²) in [6, 6.07) is 16.5. The maximum atomic E-state index is 12.5. The van der Waals surface area contributed by atoms with Gasteiger partial charge in [0.25, 0.3) is 5.91 Å². The minimum absolute atomic E-state index is 0.180. The fourth-order valence-electron chi connectivity index (χ4n) is 3.27. The molecular formula is C37H48N2O4. The number of Topliss-reactive ketones (excluding diaryl/α,β-unsaturated/α-hetero) is 1. The van der Waals surface area contributed by atoms with E-state index in [0.717, 1.165) is 23.3 Å². The number of oxazole rings is 1. The number of nitrogens with zero attached hydrogens (tertiary/aromatic N) is 1. The van der Waals surface area contributed by atoms with Crippen molar-refractivity contribution in [3.63, 3.8) is 0 Å². The molecule has 0 saturated carbocycles. The predicted molar refractivity (Wildman–Crippen MR) is 182 cm³/mol. The summed E-state index contributed by atoms with van der Waals surface area (Å²) in [5.74, 6) is 1.13. The van der Waals surface area contributed by atoms with Gasteiger partial charge in [-0.15, -0.1) is 0 Å². The third kappa shape index (κ3) is 12.8. The van der Waals surface area contributed by atoms with Crippen LogP contribution in [0, 0.1) is 0 Å². The minimum Gasteiger partial charge on any atom is -0.497 e. The predicted octanol–water partition coefficient (Wildman–Crippen LogP) is 10.4. The SMILES string of the molecule is C=C(OC)/C(C)=C\C.C=C/C=C(\C=C/CC)C(=O)Nc1ccc(-c2oc(-c3ccccc3)nc2C(C)=O)cc1.CC.CC. The topological polar surface area (TPSA) is 81.4 Å². The van der Waals surface area contributed by atoms with Gasteiger partial charge in [0.15, 0.2) is 17.2 Å². The monoisotopic (exact) mass is 584 g/mol. The molecule has 6 nitrogen and oxygen atoms in total. The highest BCUT2D eigenvalue weighted by molar-refractivity contribution is 6.06. The van der Waals surface area contributed by atoms with Crippen molar-refractivity contribution in [2.45, 2.75) is 61.8 Å². The van der Waals surface area contributed by atoms with Crippen LogP contribution in [0.5, 0.6) is 0 Å². The van der Waals surface area contributed by atoms with Gasteiger partial charge in [0, 0.05) is 29.3 Å². The van der Waals surface area contributed by atoms with E-state index in [1.165, 1.54) is 6.92 Å². The molecule has 230 valence electrons. The highest BCUT2D eigenvalue weighted by Gasteiger charge is 2.19. The Hall–Kier alpha value is -4.71. The zero-order valence-electron chi connectivity index (χ0n) is 27.3. The summed E-state index contributed by atoms with van der Waals surface area (Å²) >= 11 is 0. The Morgan fingerprint density at radius 3 is 2.05 bits per heavy atom. The fourth-order valence-corrected chi connectivity index (χ4v) is 3.27. The molecule has 3 aromatic rings. The molecule has 0 aliphatic carbocycles. The number of allylic oxidation sites excluding steroid dienone is 5. The number of nitrogens with one attached hydrogen (secondary N) is 1. The smallest absolute Gasteiger partial charge is 0.255 e. The standard InChI is InChI=1S/C26H24N2O3.C7H12O.2C2H6/c1-4-6-11-20(10-5-2)25(30)27-22-16-14-19(15-17-22)24-23(18(3)29)28-26(31-24)21-12-8-7-9-13-21;1-5-6(2)7(3)8-4;2*1-2/h5-17H,2,4H2,1,3H3,(H,27,30);5H,3H2,1-2,4H3;2*1-2H3/b11-6-,20-10+;6-5-;;. The van der Waals surface area contributed by atoms with Gasteiger partial charge in [0.05, 0.1) is 7.11 Å². The average Bonchev–Trinajstić information content (AvgIpc) is 3.51. The van der Waals surface area contributed by atoms with Crippen LogP contribution in [-0.4, -0.2) is 23.8 Å². The summed E-state index contributed by atoms with van der Waals surface area (Å²) in [7, 11) is 1.62. The van der Waals surface area contributed by atoms with Crippen molar-refractivity contribution in [3.05, 3.63) is 121 Å². The first kappa shape index (κ1) is 38.3. The van der Waals surface area contributed by atoms with Crippen molar-refractivity contribution >= 4 is 17.4 Å². The van der Waals surface area contributed by atoms with Crippen molar-refractivity contribution < 1.29 is 18.7 Å². The normalized spacial score (nSPS) is 10.6. The Balaban J connectivity index is 0.00000126. The summed E-state index contributed by atoms with van der Waals surface area (Å²) in [5, 5.41) is 2.86. The number of carbonyl (C=O) groups is 2. The highest BCUT2D eigenvalue weighted by atomic mass is 16.5. The van der Waals surface area contributed by atoms with Crippen LogP contribution in [-0.2, 0) is 9.53 Å². The van der Waals surface area contributed by atoms with Crippen LogP contribution in [0.15, 0.2) is 119 Å². The van der Waals surface area contributed by atoms with Gasteiger partial charge >= 0.3 is 0 Å². The number of anilines is 1. The molecule has 43 heavy (non-hydrogen) atoms. The number of ether oxygens (including phenoxy) is 1. The second-order valence-electron chi connectivity index (χ2n) is 8.42. The van der Waals surface area contributed by atoms with Crippen LogP contribution >= 0.6 is 0 Å². The van der Waals surface area contributed by atoms with Crippen molar-refractivity contribution in [3.8, 4) is 22.8 Å². The second-order valence-corrected chi connectivity index (χ2v) is 8.42. The number of benzene rings is 2. The molecule has 0 fully saturated rings. The Morgan fingerprint density at radius 2 is 1.58 bits per heavy atom. The van der Waals surface area contributed by atoms with Gasteiger partial charge in [0.2, 0.25) is 5.89 Å². The highest BCUT2D eigenvalue weighted by Crippen LogP contribution is 2.31. The van der Waals surface area contributed by atoms with Crippen LogP contribution in [0.25, 0.3) is 22.8 Å². The quantitative estimate of drug-likeness (QED) is 0.111. The molecule has 0 saturated heterocycles. The number of methoxy groups -OCH3 is 1. The maximum Gasteiger partial charge on any atom is 0.255 e. The van der Waals surface area contributed by atoms with Gasteiger partial charge < -0.3 is 14.5 Å². The van der Waals surface area contributed by atoms with E-state index in [9.17, 15) is 9.59 Å². The summed E-state index contributed by atoms with van der Waals surface area (Å²) in [6.07, 6.45) is 9.72. The van der Waals surface area contributed by atoms with Gasteiger partial charge in [-0.3, -0.25) is 9.59 Å². The van der Waals surface area contributed by atoms with E-state index in [1.54, 1.807) is 49.6 Å². The van der Waals surface area contributed by atoms with Crippen LogP contribution in [0.4, 0.5) is 5.69 Å². The number of ketones is 1. The van der Waals surface area contributed by atoms with Crippen molar-refractivity contribution in [1.29, 1.82) is 0 Å². The van der Waals surface area contributed by atoms with Gasteiger partial charge in [-0.25, -0.2) is 4.98 Å². The Kier molecular flexibility index (Phi) is 19.6. The molecule has 1 heterocycles. The number of hydrogen-bond acceptors (Lipinski definition) is 5. The summed E-state index contributed by atoms with van der Waals surface area (Å²) in [4.78, 5) is 29.0. The van der Waals surface area contributed by atoms with Crippen molar-refractivity contribution in [2.24, 2.45) is 0 Å².